The molecule has 1 N–H and O–H groups in total. The standard InChI is InChI=1S/C29H28F2N6O5S/c1-41-13-3-4-27(38)36-9-11-37(12-10-36)28-22-14-19(5-7-24(22)33-18-34-28)20-15-25(29(42-2)32-17-20)35-43(39,40)26-8-6-21(30)16-23(26)31/h3-8,14-18,35H,9-13H2,1-2H3/b4-3+. The van der Waals surface area contributed by atoms with Crippen molar-refractivity contribution in [2.24, 2.45) is 0 Å². The van der Waals surface area contributed by atoms with Gasteiger partial charge in [0.05, 0.1) is 19.2 Å². The minimum atomic E-state index is -4.44. The van der Waals surface area contributed by atoms with Crippen molar-refractivity contribution in [3.05, 3.63) is 78.8 Å². The molecule has 4 aromatic rings. The van der Waals surface area contributed by atoms with E-state index in [4.69, 9.17) is 9.47 Å². The van der Waals surface area contributed by atoms with Crippen LogP contribution in [0.2, 0.25) is 0 Å². The van der Waals surface area contributed by atoms with Gasteiger partial charge in [-0.05, 0) is 35.9 Å². The average Bonchev–Trinajstić information content (AvgIpc) is 3.00. The highest BCUT2D eigenvalue weighted by Crippen LogP contribution is 2.33. The van der Waals surface area contributed by atoms with Crippen molar-refractivity contribution in [3.8, 4) is 17.0 Å². The number of methoxy groups -OCH3 is 2. The normalized spacial score (nSPS) is 14.0. The predicted octanol–water partition coefficient (Wildman–Crippen LogP) is 3.63. The SMILES string of the molecule is COC/C=C/C(=O)N1CCN(c2ncnc3ccc(-c4cnc(OC)c(NS(=O)(=O)c5ccc(F)cc5F)c4)cc23)CC1. The molecule has 1 aliphatic rings. The first-order valence-corrected chi connectivity index (χ1v) is 14.6. The van der Waals surface area contributed by atoms with E-state index in [0.29, 0.717) is 61.3 Å². The van der Waals surface area contributed by atoms with Gasteiger partial charge in [-0.1, -0.05) is 12.1 Å². The van der Waals surface area contributed by atoms with Crippen LogP contribution in [0.5, 0.6) is 5.88 Å². The van der Waals surface area contributed by atoms with Gasteiger partial charge < -0.3 is 19.3 Å². The summed E-state index contributed by atoms with van der Waals surface area (Å²) in [5.74, 6) is -1.55. The van der Waals surface area contributed by atoms with Gasteiger partial charge in [0.25, 0.3) is 10.0 Å². The summed E-state index contributed by atoms with van der Waals surface area (Å²) in [6.45, 7) is 2.53. The summed E-state index contributed by atoms with van der Waals surface area (Å²) in [7, 11) is -1.56. The molecule has 224 valence electrons. The van der Waals surface area contributed by atoms with Crippen LogP contribution in [0.25, 0.3) is 22.0 Å². The number of rotatable bonds is 9. The van der Waals surface area contributed by atoms with E-state index in [1.54, 1.807) is 18.1 Å². The van der Waals surface area contributed by atoms with E-state index in [9.17, 15) is 22.0 Å². The summed E-state index contributed by atoms with van der Waals surface area (Å²) in [4.78, 5) is 28.7. The summed E-state index contributed by atoms with van der Waals surface area (Å²) in [5.41, 5.74) is 1.88. The zero-order valence-electron chi connectivity index (χ0n) is 23.3. The maximum absolute atomic E-state index is 14.3. The van der Waals surface area contributed by atoms with Crippen molar-refractivity contribution < 1.29 is 31.5 Å². The Labute approximate surface area is 246 Å². The summed E-state index contributed by atoms with van der Waals surface area (Å²) in [5, 5.41) is 0.756. The third kappa shape index (κ3) is 6.54. The molecule has 0 radical (unpaired) electrons. The molecule has 1 saturated heterocycles. The molecule has 0 aliphatic carbocycles. The number of piperazine rings is 1. The lowest BCUT2D eigenvalue weighted by Crippen LogP contribution is -2.48. The highest BCUT2D eigenvalue weighted by molar-refractivity contribution is 7.92. The Kier molecular flexibility index (Phi) is 8.78. The first-order chi connectivity index (χ1) is 20.7. The Balaban J connectivity index is 1.42. The van der Waals surface area contributed by atoms with Crippen LogP contribution in [0.4, 0.5) is 20.3 Å². The minimum Gasteiger partial charge on any atom is -0.480 e. The van der Waals surface area contributed by atoms with E-state index in [-0.39, 0.29) is 17.5 Å². The van der Waals surface area contributed by atoms with E-state index in [1.807, 2.05) is 18.2 Å². The molecular weight excluding hydrogens is 582 g/mol. The minimum absolute atomic E-state index is 0.0336. The Hall–Kier alpha value is -4.69. The molecular formula is C29H28F2N6O5S. The van der Waals surface area contributed by atoms with Gasteiger partial charge in [-0.15, -0.1) is 0 Å². The van der Waals surface area contributed by atoms with Crippen LogP contribution < -0.4 is 14.4 Å². The van der Waals surface area contributed by atoms with Crippen LogP contribution >= 0.6 is 0 Å². The van der Waals surface area contributed by atoms with Gasteiger partial charge in [0.15, 0.2) is 0 Å². The first-order valence-electron chi connectivity index (χ1n) is 13.2. The Bertz CT molecular complexity index is 1800. The number of halogens is 2. The number of sulfonamides is 1. The molecule has 1 aliphatic heterocycles. The lowest BCUT2D eigenvalue weighted by Gasteiger charge is -2.35. The molecule has 0 saturated carbocycles. The van der Waals surface area contributed by atoms with Crippen LogP contribution in [-0.2, 0) is 19.6 Å². The smallest absolute Gasteiger partial charge is 0.264 e. The first kappa shape index (κ1) is 29.8. The maximum atomic E-state index is 14.3. The van der Waals surface area contributed by atoms with Crippen molar-refractivity contribution >= 4 is 38.3 Å². The lowest BCUT2D eigenvalue weighted by atomic mass is 10.0. The van der Waals surface area contributed by atoms with Gasteiger partial charge in [0.2, 0.25) is 11.8 Å². The van der Waals surface area contributed by atoms with Crippen LogP contribution in [0, 0.1) is 11.6 Å². The number of anilines is 2. The second kappa shape index (κ2) is 12.7. The number of ether oxygens (including phenoxy) is 2. The van der Waals surface area contributed by atoms with Crippen LogP contribution in [0.3, 0.4) is 0 Å². The predicted molar refractivity (Wildman–Crippen MR) is 156 cm³/mol. The molecule has 5 rings (SSSR count). The number of fused-ring (bicyclic) bond motifs is 1. The largest absolute Gasteiger partial charge is 0.480 e. The van der Waals surface area contributed by atoms with E-state index < -0.39 is 26.6 Å². The van der Waals surface area contributed by atoms with Gasteiger partial charge in [-0.25, -0.2) is 32.2 Å². The number of pyridine rings is 1. The third-order valence-electron chi connectivity index (χ3n) is 6.83. The van der Waals surface area contributed by atoms with Gasteiger partial charge in [-0.2, -0.15) is 0 Å². The second-order valence-electron chi connectivity index (χ2n) is 9.56. The molecule has 3 heterocycles. The molecule has 0 atom stereocenters. The molecule has 0 unspecified atom stereocenters. The number of hydrogen-bond acceptors (Lipinski definition) is 9. The van der Waals surface area contributed by atoms with Crippen molar-refractivity contribution in [2.75, 3.05) is 56.6 Å². The summed E-state index contributed by atoms with van der Waals surface area (Å²) >= 11 is 0. The maximum Gasteiger partial charge on any atom is 0.264 e. The number of nitrogens with one attached hydrogen (secondary N) is 1. The Morgan fingerprint density at radius 1 is 1.00 bits per heavy atom. The van der Waals surface area contributed by atoms with Crippen LogP contribution in [0.15, 0.2) is 72.0 Å². The average molecular weight is 611 g/mol. The Morgan fingerprint density at radius 2 is 1.79 bits per heavy atom. The number of carbonyl (C=O) groups excluding carboxylic acids is 1. The van der Waals surface area contributed by atoms with E-state index in [1.165, 1.54) is 31.8 Å². The molecule has 43 heavy (non-hydrogen) atoms. The van der Waals surface area contributed by atoms with Gasteiger partial charge in [0.1, 0.15) is 34.4 Å². The van der Waals surface area contributed by atoms with Crippen molar-refractivity contribution in [2.45, 2.75) is 4.90 Å². The number of benzene rings is 2. The number of carbonyl (C=O) groups is 1. The molecule has 0 spiro atoms. The summed E-state index contributed by atoms with van der Waals surface area (Å²) in [6.07, 6.45) is 6.19. The van der Waals surface area contributed by atoms with Crippen LogP contribution in [-0.4, -0.2) is 81.2 Å². The number of hydrogen-bond donors (Lipinski definition) is 1. The number of nitrogens with zero attached hydrogens (tertiary/aromatic N) is 5. The Morgan fingerprint density at radius 3 is 2.51 bits per heavy atom. The number of aromatic nitrogens is 3. The molecule has 14 heteroatoms. The van der Waals surface area contributed by atoms with Crippen molar-refractivity contribution in [1.82, 2.24) is 19.9 Å². The second-order valence-corrected chi connectivity index (χ2v) is 11.2. The molecule has 1 amide bonds. The third-order valence-corrected chi connectivity index (χ3v) is 8.23. The fourth-order valence-corrected chi connectivity index (χ4v) is 5.81. The fraction of sp³-hybridized carbons (Fsp3) is 0.241. The molecule has 0 bridgehead atoms. The van der Waals surface area contributed by atoms with Gasteiger partial charge in [-0.3, -0.25) is 9.52 Å². The van der Waals surface area contributed by atoms with Crippen molar-refractivity contribution in [1.29, 1.82) is 0 Å². The lowest BCUT2D eigenvalue weighted by molar-refractivity contribution is -0.126. The zero-order chi connectivity index (χ0) is 30.6. The molecule has 2 aromatic heterocycles. The van der Waals surface area contributed by atoms with Gasteiger partial charge >= 0.3 is 0 Å². The highest BCUT2D eigenvalue weighted by atomic mass is 32.2. The quantitative estimate of drug-likeness (QED) is 0.283. The van der Waals surface area contributed by atoms with E-state index in [0.717, 1.165) is 17.5 Å². The fourth-order valence-electron chi connectivity index (χ4n) is 4.70. The molecule has 2 aromatic carbocycles. The van der Waals surface area contributed by atoms with E-state index >= 15 is 0 Å². The molecule has 11 nitrogen and oxygen atoms in total. The summed E-state index contributed by atoms with van der Waals surface area (Å²) < 4.78 is 66.1. The zero-order valence-corrected chi connectivity index (χ0v) is 24.1. The summed E-state index contributed by atoms with van der Waals surface area (Å²) in [6, 6.07) is 9.20. The highest BCUT2D eigenvalue weighted by Gasteiger charge is 2.24. The topological polar surface area (TPSA) is 127 Å². The van der Waals surface area contributed by atoms with Gasteiger partial charge in [0, 0.05) is 62.6 Å². The molecule has 1 fully saturated rings. The van der Waals surface area contributed by atoms with Crippen molar-refractivity contribution in [3.63, 3.8) is 0 Å². The van der Waals surface area contributed by atoms with E-state index in [2.05, 4.69) is 24.6 Å². The van der Waals surface area contributed by atoms with Crippen LogP contribution in [0.1, 0.15) is 0 Å². The number of amides is 1. The monoisotopic (exact) mass is 610 g/mol.